The third kappa shape index (κ3) is 4.28. The van der Waals surface area contributed by atoms with Crippen LogP contribution in [0.5, 0.6) is 0 Å². The van der Waals surface area contributed by atoms with Gasteiger partial charge in [0.1, 0.15) is 0 Å². The molecule has 3 aromatic rings. The number of benzene rings is 2. The summed E-state index contributed by atoms with van der Waals surface area (Å²) >= 11 is 0. The van der Waals surface area contributed by atoms with E-state index >= 15 is 0 Å². The monoisotopic (exact) mass is 393 g/mol. The molecule has 28 heavy (non-hydrogen) atoms. The molecule has 1 aromatic heterocycles. The predicted octanol–water partition coefficient (Wildman–Crippen LogP) is 2.56. The molecule has 0 saturated heterocycles. The smallest absolute Gasteiger partial charge is 0.356 e. The number of hydrogen-bond acceptors (Lipinski definition) is 5. The fourth-order valence-corrected chi connectivity index (χ4v) is 3.45. The fourth-order valence-electron chi connectivity index (χ4n) is 2.35. The lowest BCUT2D eigenvalue weighted by molar-refractivity contribution is 0.0691. The topological polar surface area (TPSA) is 122 Å². The number of nitrogens with two attached hydrogens (primary N) is 1. The molecule has 3 rings (SSSR count). The molecular formula is C20H15N3O4S. The summed E-state index contributed by atoms with van der Waals surface area (Å²) in [5, 5.41) is 8.96. The summed E-state index contributed by atoms with van der Waals surface area (Å²) in [5.74, 6) is 4.45. The van der Waals surface area contributed by atoms with Crippen molar-refractivity contribution in [2.75, 3.05) is 10.5 Å². The zero-order valence-corrected chi connectivity index (χ0v) is 15.3. The van der Waals surface area contributed by atoms with Crippen molar-refractivity contribution < 1.29 is 18.3 Å². The van der Waals surface area contributed by atoms with Gasteiger partial charge in [0.25, 0.3) is 10.0 Å². The Bertz CT molecular complexity index is 1200. The predicted molar refractivity (Wildman–Crippen MR) is 105 cm³/mol. The molecule has 0 spiro atoms. The Labute approximate surface area is 161 Å². The van der Waals surface area contributed by atoms with Crippen LogP contribution < -0.4 is 10.5 Å². The lowest BCUT2D eigenvalue weighted by Crippen LogP contribution is -2.13. The molecule has 0 saturated carbocycles. The third-order valence-electron chi connectivity index (χ3n) is 3.69. The van der Waals surface area contributed by atoms with Crippen molar-refractivity contribution in [2.45, 2.75) is 4.90 Å². The summed E-state index contributed by atoms with van der Waals surface area (Å²) in [7, 11) is -3.76. The van der Waals surface area contributed by atoms with E-state index in [0.717, 1.165) is 0 Å². The summed E-state index contributed by atoms with van der Waals surface area (Å²) in [6, 6.07) is 16.1. The second-order valence-corrected chi connectivity index (χ2v) is 7.36. The Morgan fingerprint density at radius 3 is 2.39 bits per heavy atom. The Morgan fingerprint density at radius 2 is 1.71 bits per heavy atom. The second kappa shape index (κ2) is 7.82. The highest BCUT2D eigenvalue weighted by Crippen LogP contribution is 2.19. The van der Waals surface area contributed by atoms with Crippen molar-refractivity contribution >= 4 is 27.4 Å². The van der Waals surface area contributed by atoms with E-state index in [-0.39, 0.29) is 16.3 Å². The van der Waals surface area contributed by atoms with Crippen LogP contribution in [-0.2, 0) is 10.0 Å². The summed E-state index contributed by atoms with van der Waals surface area (Å²) < 4.78 is 27.6. The van der Waals surface area contributed by atoms with Gasteiger partial charge in [-0.1, -0.05) is 42.2 Å². The SMILES string of the molecule is Nc1cc(C#Cc2ccccc2NS(=O)(=O)c2ccccc2)cnc1C(=O)O. The number of carboxylic acids is 1. The summed E-state index contributed by atoms with van der Waals surface area (Å²) in [5.41, 5.74) is 6.59. The molecule has 0 aliphatic rings. The molecule has 0 amide bonds. The number of rotatable bonds is 4. The second-order valence-electron chi connectivity index (χ2n) is 5.68. The van der Waals surface area contributed by atoms with E-state index in [1.807, 2.05) is 0 Å². The minimum Gasteiger partial charge on any atom is -0.476 e. The normalized spacial score (nSPS) is 10.6. The number of nitrogens with one attached hydrogen (secondary N) is 1. The molecule has 8 heteroatoms. The van der Waals surface area contributed by atoms with Crippen LogP contribution in [0.2, 0.25) is 0 Å². The van der Waals surface area contributed by atoms with Crippen molar-refractivity contribution in [1.29, 1.82) is 0 Å². The van der Waals surface area contributed by atoms with Gasteiger partial charge in [0.2, 0.25) is 0 Å². The van der Waals surface area contributed by atoms with Crippen LogP contribution >= 0.6 is 0 Å². The Balaban J connectivity index is 1.91. The van der Waals surface area contributed by atoms with Crippen LogP contribution in [0.15, 0.2) is 71.8 Å². The Hall–Kier alpha value is -3.83. The van der Waals surface area contributed by atoms with Crippen molar-refractivity contribution in [2.24, 2.45) is 0 Å². The summed E-state index contributed by atoms with van der Waals surface area (Å²) in [6.45, 7) is 0. The van der Waals surface area contributed by atoms with Gasteiger partial charge in [-0.05, 0) is 30.3 Å². The van der Waals surface area contributed by atoms with E-state index < -0.39 is 16.0 Å². The van der Waals surface area contributed by atoms with Gasteiger partial charge >= 0.3 is 5.97 Å². The maximum Gasteiger partial charge on any atom is 0.356 e. The summed E-state index contributed by atoms with van der Waals surface area (Å²) in [6.07, 6.45) is 1.30. The van der Waals surface area contributed by atoms with Gasteiger partial charge in [0.05, 0.1) is 16.3 Å². The van der Waals surface area contributed by atoms with Gasteiger partial charge in [0.15, 0.2) is 5.69 Å². The average molecular weight is 393 g/mol. The largest absolute Gasteiger partial charge is 0.476 e. The van der Waals surface area contributed by atoms with Gasteiger partial charge < -0.3 is 10.8 Å². The molecule has 7 nitrogen and oxygen atoms in total. The van der Waals surface area contributed by atoms with Crippen molar-refractivity contribution in [1.82, 2.24) is 4.98 Å². The van der Waals surface area contributed by atoms with Gasteiger partial charge in [-0.2, -0.15) is 0 Å². The number of nitrogen functional groups attached to an aromatic ring is 1. The van der Waals surface area contributed by atoms with Crippen LogP contribution in [-0.4, -0.2) is 24.5 Å². The van der Waals surface area contributed by atoms with Gasteiger partial charge in [-0.25, -0.2) is 18.2 Å². The average Bonchev–Trinajstić information content (AvgIpc) is 2.67. The molecule has 140 valence electrons. The molecule has 0 fully saturated rings. The van der Waals surface area contributed by atoms with Gasteiger partial charge in [0, 0.05) is 17.3 Å². The molecule has 0 aliphatic carbocycles. The minimum absolute atomic E-state index is 0.00244. The standard InChI is InChI=1S/C20H15N3O4S/c21-17-12-14(13-22-19(17)20(24)25)10-11-15-6-4-5-9-18(15)23-28(26,27)16-7-2-1-3-8-16/h1-9,12-13,23H,21H2,(H,24,25). The van der Waals surface area contributed by atoms with Gasteiger partial charge in [-0.15, -0.1) is 0 Å². The van der Waals surface area contributed by atoms with Crippen LogP contribution in [0.1, 0.15) is 21.6 Å². The van der Waals surface area contributed by atoms with Crippen LogP contribution in [0, 0.1) is 11.8 Å². The zero-order chi connectivity index (χ0) is 20.1. The number of para-hydroxylation sites is 1. The lowest BCUT2D eigenvalue weighted by atomic mass is 10.1. The van der Waals surface area contributed by atoms with Crippen molar-refractivity contribution in [3.63, 3.8) is 0 Å². The number of sulfonamides is 1. The first kappa shape index (κ1) is 18.9. The van der Waals surface area contributed by atoms with Crippen molar-refractivity contribution in [3.05, 3.63) is 83.7 Å². The first-order valence-electron chi connectivity index (χ1n) is 8.04. The zero-order valence-electron chi connectivity index (χ0n) is 14.5. The highest BCUT2D eigenvalue weighted by atomic mass is 32.2. The van der Waals surface area contributed by atoms with Crippen LogP contribution in [0.4, 0.5) is 11.4 Å². The molecule has 1 heterocycles. The van der Waals surface area contributed by atoms with Gasteiger partial charge in [-0.3, -0.25) is 4.72 Å². The molecule has 0 atom stereocenters. The molecule has 0 radical (unpaired) electrons. The number of aromatic nitrogens is 1. The number of carboxylic acid groups (broad SMARTS) is 1. The van der Waals surface area contributed by atoms with E-state index in [1.54, 1.807) is 42.5 Å². The minimum atomic E-state index is -3.76. The van der Waals surface area contributed by atoms with Crippen LogP contribution in [0.25, 0.3) is 0 Å². The quantitative estimate of drug-likeness (QED) is 0.586. The lowest BCUT2D eigenvalue weighted by Gasteiger charge is -2.09. The number of nitrogens with zero attached hydrogens (tertiary/aromatic N) is 1. The van der Waals surface area contributed by atoms with E-state index in [4.69, 9.17) is 10.8 Å². The first-order chi connectivity index (χ1) is 13.4. The highest BCUT2D eigenvalue weighted by molar-refractivity contribution is 7.92. The third-order valence-corrected chi connectivity index (χ3v) is 5.07. The maximum atomic E-state index is 12.5. The first-order valence-corrected chi connectivity index (χ1v) is 9.53. The molecular weight excluding hydrogens is 378 g/mol. The molecule has 0 unspecified atom stereocenters. The molecule has 0 bridgehead atoms. The summed E-state index contributed by atoms with van der Waals surface area (Å²) in [4.78, 5) is 14.9. The maximum absolute atomic E-state index is 12.5. The fraction of sp³-hybridized carbons (Fsp3) is 0. The number of carbonyl (C=O) groups is 1. The molecule has 2 aromatic carbocycles. The number of hydrogen-bond donors (Lipinski definition) is 3. The highest BCUT2D eigenvalue weighted by Gasteiger charge is 2.15. The number of pyridine rings is 1. The molecule has 0 aliphatic heterocycles. The number of aromatic carboxylic acids is 1. The number of anilines is 2. The van der Waals surface area contributed by atoms with E-state index in [0.29, 0.717) is 16.8 Å². The Kier molecular flexibility index (Phi) is 5.29. The van der Waals surface area contributed by atoms with Crippen molar-refractivity contribution in [3.8, 4) is 11.8 Å². The van der Waals surface area contributed by atoms with E-state index in [1.165, 1.54) is 24.4 Å². The van der Waals surface area contributed by atoms with Crippen LogP contribution in [0.3, 0.4) is 0 Å². The van der Waals surface area contributed by atoms with E-state index in [9.17, 15) is 13.2 Å². The molecule has 4 N–H and O–H groups in total. The van der Waals surface area contributed by atoms with E-state index in [2.05, 4.69) is 21.5 Å². The Morgan fingerprint density at radius 1 is 1.04 bits per heavy atom.